The highest BCUT2D eigenvalue weighted by atomic mass is 19.4. The first-order chi connectivity index (χ1) is 6.57. The number of anilines is 1. The lowest BCUT2D eigenvalue weighted by atomic mass is 10.2. The summed E-state index contributed by atoms with van der Waals surface area (Å²) in [5, 5.41) is 0. The van der Waals surface area contributed by atoms with E-state index in [4.69, 9.17) is 0 Å². The molecular weight excluding hydrogens is 193 g/mol. The van der Waals surface area contributed by atoms with Crippen LogP contribution in [0.5, 0.6) is 0 Å². The maximum atomic E-state index is 12.3. The third-order valence-corrected chi connectivity index (χ3v) is 2.26. The summed E-state index contributed by atoms with van der Waals surface area (Å²) in [4.78, 5) is 5.20. The van der Waals surface area contributed by atoms with Crippen LogP contribution in [-0.2, 0) is 6.18 Å². The summed E-state index contributed by atoms with van der Waals surface area (Å²) in [6.07, 6.45) is -2.10. The van der Waals surface area contributed by atoms with Crippen molar-refractivity contribution in [2.45, 2.75) is 12.6 Å². The van der Waals surface area contributed by atoms with Gasteiger partial charge in [-0.1, -0.05) is 0 Å². The largest absolute Gasteiger partial charge is 0.433 e. The van der Waals surface area contributed by atoms with Crippen LogP contribution in [0.1, 0.15) is 12.1 Å². The minimum atomic E-state index is -4.35. The highest BCUT2D eigenvalue weighted by molar-refractivity contribution is 5.48. The van der Waals surface area contributed by atoms with E-state index >= 15 is 0 Å². The number of pyridine rings is 1. The molecule has 2 nitrogen and oxygen atoms in total. The Hall–Kier alpha value is -1.26. The van der Waals surface area contributed by atoms with Crippen molar-refractivity contribution in [3.8, 4) is 0 Å². The van der Waals surface area contributed by atoms with Crippen LogP contribution in [0.25, 0.3) is 0 Å². The van der Waals surface area contributed by atoms with Gasteiger partial charge in [-0.2, -0.15) is 13.2 Å². The molecule has 0 N–H and O–H groups in total. The fourth-order valence-corrected chi connectivity index (χ4v) is 1.35. The molecule has 2 heterocycles. The van der Waals surface area contributed by atoms with Gasteiger partial charge in [0.25, 0.3) is 0 Å². The van der Waals surface area contributed by atoms with E-state index < -0.39 is 11.9 Å². The molecule has 14 heavy (non-hydrogen) atoms. The average molecular weight is 202 g/mol. The topological polar surface area (TPSA) is 16.1 Å². The van der Waals surface area contributed by atoms with Gasteiger partial charge in [0.2, 0.25) is 0 Å². The first kappa shape index (κ1) is 9.30. The zero-order chi connectivity index (χ0) is 10.2. The number of alkyl halides is 3. The molecule has 2 rings (SSSR count). The molecule has 0 aromatic carbocycles. The monoisotopic (exact) mass is 202 g/mol. The van der Waals surface area contributed by atoms with Crippen LogP contribution in [0.3, 0.4) is 0 Å². The van der Waals surface area contributed by atoms with E-state index in [1.807, 2.05) is 4.90 Å². The van der Waals surface area contributed by atoms with Gasteiger partial charge in [0.05, 0.1) is 0 Å². The van der Waals surface area contributed by atoms with Crippen LogP contribution in [0.15, 0.2) is 18.3 Å². The van der Waals surface area contributed by atoms with Gasteiger partial charge in [0.15, 0.2) is 0 Å². The first-order valence-corrected chi connectivity index (χ1v) is 4.35. The second-order valence-electron chi connectivity index (χ2n) is 3.24. The summed E-state index contributed by atoms with van der Waals surface area (Å²) in [6, 6.07) is 2.70. The number of hydrogen-bond donors (Lipinski definition) is 0. The third-order valence-electron chi connectivity index (χ3n) is 2.26. The van der Waals surface area contributed by atoms with Crippen molar-refractivity contribution in [1.29, 1.82) is 0 Å². The predicted molar refractivity (Wildman–Crippen MR) is 46.1 cm³/mol. The molecule has 1 fully saturated rings. The zero-order valence-electron chi connectivity index (χ0n) is 7.38. The van der Waals surface area contributed by atoms with E-state index in [1.165, 1.54) is 6.20 Å². The molecule has 0 radical (unpaired) electrons. The Morgan fingerprint density at radius 1 is 1.29 bits per heavy atom. The molecule has 0 saturated carbocycles. The van der Waals surface area contributed by atoms with Gasteiger partial charge in [0.1, 0.15) is 5.69 Å². The van der Waals surface area contributed by atoms with E-state index in [-0.39, 0.29) is 0 Å². The minimum absolute atomic E-state index is 0.610. The fraction of sp³-hybridized carbons (Fsp3) is 0.444. The second kappa shape index (κ2) is 3.15. The van der Waals surface area contributed by atoms with Crippen molar-refractivity contribution in [3.05, 3.63) is 24.0 Å². The van der Waals surface area contributed by atoms with Gasteiger partial charge in [-0.3, -0.25) is 4.98 Å². The highest BCUT2D eigenvalue weighted by Gasteiger charge is 2.33. The molecule has 1 aromatic rings. The van der Waals surface area contributed by atoms with Crippen LogP contribution < -0.4 is 4.90 Å². The Morgan fingerprint density at radius 2 is 2.00 bits per heavy atom. The average Bonchev–Trinajstić information content (AvgIpc) is 2.00. The van der Waals surface area contributed by atoms with Gasteiger partial charge in [-0.15, -0.1) is 0 Å². The predicted octanol–water partition coefficient (Wildman–Crippen LogP) is 2.31. The minimum Gasteiger partial charge on any atom is -0.371 e. The van der Waals surface area contributed by atoms with Gasteiger partial charge >= 0.3 is 6.18 Å². The number of halogens is 3. The van der Waals surface area contributed by atoms with E-state index in [1.54, 1.807) is 6.07 Å². The number of hydrogen-bond acceptors (Lipinski definition) is 2. The Kier molecular flexibility index (Phi) is 2.09. The molecule has 0 bridgehead atoms. The zero-order valence-corrected chi connectivity index (χ0v) is 7.38. The lowest BCUT2D eigenvalue weighted by Crippen LogP contribution is -2.37. The van der Waals surface area contributed by atoms with Gasteiger partial charge in [-0.25, -0.2) is 0 Å². The summed E-state index contributed by atoms with van der Waals surface area (Å²) in [6.45, 7) is 1.67. The Labute approximate surface area is 79.4 Å². The molecule has 1 aromatic heterocycles. The maximum Gasteiger partial charge on any atom is 0.433 e. The second-order valence-corrected chi connectivity index (χ2v) is 3.24. The van der Waals surface area contributed by atoms with Crippen molar-refractivity contribution >= 4 is 5.69 Å². The quantitative estimate of drug-likeness (QED) is 0.694. The number of nitrogens with zero attached hydrogens (tertiary/aromatic N) is 2. The summed E-state index contributed by atoms with van der Waals surface area (Å²) < 4.78 is 36.8. The summed E-state index contributed by atoms with van der Waals surface area (Å²) >= 11 is 0. The molecule has 1 aliphatic rings. The molecule has 76 valence electrons. The molecule has 0 unspecified atom stereocenters. The van der Waals surface area contributed by atoms with Crippen molar-refractivity contribution in [3.63, 3.8) is 0 Å². The van der Waals surface area contributed by atoms with Gasteiger partial charge < -0.3 is 4.90 Å². The van der Waals surface area contributed by atoms with Crippen molar-refractivity contribution in [1.82, 2.24) is 4.98 Å². The van der Waals surface area contributed by atoms with Crippen molar-refractivity contribution in [2.75, 3.05) is 18.0 Å². The number of rotatable bonds is 1. The normalized spacial score (nSPS) is 16.6. The molecule has 5 heteroatoms. The van der Waals surface area contributed by atoms with Gasteiger partial charge in [0, 0.05) is 25.0 Å². The lowest BCUT2D eigenvalue weighted by molar-refractivity contribution is -0.141. The van der Waals surface area contributed by atoms with Crippen molar-refractivity contribution < 1.29 is 13.2 Å². The molecular formula is C9H9F3N2. The van der Waals surface area contributed by atoms with Crippen LogP contribution in [0, 0.1) is 0 Å². The van der Waals surface area contributed by atoms with Crippen LogP contribution in [0.4, 0.5) is 18.9 Å². The molecule has 0 atom stereocenters. The van der Waals surface area contributed by atoms with Gasteiger partial charge in [-0.05, 0) is 18.6 Å². The van der Waals surface area contributed by atoms with Crippen molar-refractivity contribution in [2.24, 2.45) is 0 Å². The highest BCUT2D eigenvalue weighted by Crippen LogP contribution is 2.30. The Balaban J connectivity index is 2.26. The van der Waals surface area contributed by atoms with E-state index in [0.717, 1.165) is 25.6 Å². The molecule has 1 aliphatic heterocycles. The smallest absolute Gasteiger partial charge is 0.371 e. The Morgan fingerprint density at radius 3 is 2.50 bits per heavy atom. The van der Waals surface area contributed by atoms with E-state index in [2.05, 4.69) is 4.98 Å². The van der Waals surface area contributed by atoms with E-state index in [0.29, 0.717) is 5.69 Å². The first-order valence-electron chi connectivity index (χ1n) is 4.35. The molecule has 0 aliphatic carbocycles. The number of aromatic nitrogens is 1. The summed E-state index contributed by atoms with van der Waals surface area (Å²) in [7, 11) is 0. The maximum absolute atomic E-state index is 12.3. The van der Waals surface area contributed by atoms with E-state index in [9.17, 15) is 13.2 Å². The third kappa shape index (κ3) is 1.66. The molecule has 0 spiro atoms. The van der Waals surface area contributed by atoms with Crippen LogP contribution in [0.2, 0.25) is 0 Å². The molecule has 0 amide bonds. The lowest BCUT2D eigenvalue weighted by Gasteiger charge is -2.33. The molecule has 1 saturated heterocycles. The Bertz CT molecular complexity index is 331. The standard InChI is InChI=1S/C9H9F3N2/c10-9(11,12)8-6-7(2-3-13-8)14-4-1-5-14/h2-3,6H,1,4-5H2. The SMILES string of the molecule is FC(F)(F)c1cc(N2CCC2)ccn1. The summed E-state index contributed by atoms with van der Waals surface area (Å²) in [5.41, 5.74) is -0.208. The van der Waals surface area contributed by atoms with Crippen LogP contribution >= 0.6 is 0 Å². The fourth-order valence-electron chi connectivity index (χ4n) is 1.35. The summed E-state index contributed by atoms with van der Waals surface area (Å²) in [5.74, 6) is 0. The van der Waals surface area contributed by atoms with Crippen LogP contribution in [-0.4, -0.2) is 18.1 Å².